The van der Waals surface area contributed by atoms with Gasteiger partial charge in [-0.1, -0.05) is 42.5 Å². The monoisotopic (exact) mass is 562 g/mol. The van der Waals surface area contributed by atoms with E-state index in [4.69, 9.17) is 14.5 Å². The molecule has 33 heavy (non-hydrogen) atoms. The number of guanidine groups is 1. The predicted octanol–water partition coefficient (Wildman–Crippen LogP) is 4.78. The second kappa shape index (κ2) is 13.6. The summed E-state index contributed by atoms with van der Waals surface area (Å²) in [5.74, 6) is 0.847. The van der Waals surface area contributed by atoms with E-state index in [1.165, 1.54) is 27.6 Å². The van der Waals surface area contributed by atoms with Crippen LogP contribution in [0.1, 0.15) is 36.5 Å². The average Bonchev–Trinajstić information content (AvgIpc) is 3.26. The zero-order valence-electron chi connectivity index (χ0n) is 19.3. The maximum atomic E-state index is 6.01. The summed E-state index contributed by atoms with van der Waals surface area (Å²) in [5, 5.41) is 8.08. The highest BCUT2D eigenvalue weighted by molar-refractivity contribution is 14.0. The highest BCUT2D eigenvalue weighted by Crippen LogP contribution is 2.18. The van der Waals surface area contributed by atoms with Gasteiger partial charge in [-0.15, -0.1) is 24.0 Å². The molecule has 0 atom stereocenters. The molecule has 1 aliphatic heterocycles. The van der Waals surface area contributed by atoms with Crippen molar-refractivity contribution in [2.75, 3.05) is 26.3 Å². The van der Waals surface area contributed by atoms with Crippen LogP contribution in [0.5, 0.6) is 0 Å². The van der Waals surface area contributed by atoms with Crippen LogP contribution in [-0.4, -0.2) is 43.4 Å². The van der Waals surface area contributed by atoms with Crippen molar-refractivity contribution in [3.63, 3.8) is 0 Å². The lowest BCUT2D eigenvalue weighted by Crippen LogP contribution is -2.38. The largest absolute Gasteiger partial charge is 0.381 e. The van der Waals surface area contributed by atoms with E-state index in [-0.39, 0.29) is 24.0 Å². The second-order valence-corrected chi connectivity index (χ2v) is 8.17. The number of halogens is 1. The summed E-state index contributed by atoms with van der Waals surface area (Å²) in [5.41, 5.74) is 4.90. The van der Waals surface area contributed by atoms with Gasteiger partial charge in [0, 0.05) is 43.4 Å². The number of ether oxygens (including phenoxy) is 2. The molecule has 178 valence electrons. The topological polar surface area (TPSA) is 70.7 Å². The Bertz CT molecular complexity index is 997. The summed E-state index contributed by atoms with van der Waals surface area (Å²) < 4.78 is 11.4. The minimum Gasteiger partial charge on any atom is -0.381 e. The number of hydrogen-bond donors (Lipinski definition) is 3. The highest BCUT2D eigenvalue weighted by atomic mass is 127. The number of benzene rings is 2. The van der Waals surface area contributed by atoms with Crippen molar-refractivity contribution >= 4 is 40.8 Å². The van der Waals surface area contributed by atoms with Crippen molar-refractivity contribution < 1.29 is 9.47 Å². The normalized spacial score (nSPS) is 14.8. The first-order valence-corrected chi connectivity index (χ1v) is 11.7. The summed E-state index contributed by atoms with van der Waals surface area (Å²) in [6.45, 7) is 6.68. The number of fused-ring (bicyclic) bond motifs is 1. The number of aromatic amines is 1. The standard InChI is InChI=1S/C26H34N4O2.HI/c1-2-27-26(28-14-11-22-18-29-25-6-4-3-5-24(22)25)30-17-20-7-9-21(10-8-20)19-32-23-12-15-31-16-13-23;/h3-10,18,23,29H,2,11-17,19H2,1H3,(H2,27,28,30);1H. The van der Waals surface area contributed by atoms with Gasteiger partial charge in [-0.25, -0.2) is 4.99 Å². The van der Waals surface area contributed by atoms with E-state index in [1.54, 1.807) is 0 Å². The number of hydrogen-bond acceptors (Lipinski definition) is 3. The van der Waals surface area contributed by atoms with E-state index < -0.39 is 0 Å². The first-order valence-electron chi connectivity index (χ1n) is 11.7. The molecule has 6 nitrogen and oxygen atoms in total. The fourth-order valence-corrected chi connectivity index (χ4v) is 3.96. The Morgan fingerprint density at radius 1 is 1.06 bits per heavy atom. The lowest BCUT2D eigenvalue weighted by molar-refractivity contribution is -0.0390. The van der Waals surface area contributed by atoms with E-state index in [9.17, 15) is 0 Å². The summed E-state index contributed by atoms with van der Waals surface area (Å²) in [6.07, 6.45) is 5.35. The van der Waals surface area contributed by atoms with Crippen LogP contribution < -0.4 is 10.6 Å². The molecule has 1 aliphatic rings. The molecule has 0 radical (unpaired) electrons. The lowest BCUT2D eigenvalue weighted by atomic mass is 10.1. The number of para-hydroxylation sites is 1. The Hall–Kier alpha value is -2.10. The van der Waals surface area contributed by atoms with Gasteiger partial charge in [0.15, 0.2) is 5.96 Å². The lowest BCUT2D eigenvalue weighted by Gasteiger charge is -2.22. The van der Waals surface area contributed by atoms with Crippen LogP contribution in [0.3, 0.4) is 0 Å². The summed E-state index contributed by atoms with van der Waals surface area (Å²) in [7, 11) is 0. The number of aliphatic imine (C=N–C) groups is 1. The molecule has 0 spiro atoms. The average molecular weight is 562 g/mol. The fourth-order valence-electron chi connectivity index (χ4n) is 3.96. The number of nitrogens with zero attached hydrogens (tertiary/aromatic N) is 1. The highest BCUT2D eigenvalue weighted by Gasteiger charge is 2.13. The van der Waals surface area contributed by atoms with Gasteiger partial charge in [0.1, 0.15) is 0 Å². The van der Waals surface area contributed by atoms with Crippen LogP contribution in [0, 0.1) is 0 Å². The Morgan fingerprint density at radius 2 is 1.82 bits per heavy atom. The summed E-state index contributed by atoms with van der Waals surface area (Å²) >= 11 is 0. The Morgan fingerprint density at radius 3 is 2.61 bits per heavy atom. The number of rotatable bonds is 9. The molecule has 0 saturated carbocycles. The van der Waals surface area contributed by atoms with Gasteiger partial charge in [-0.05, 0) is 48.9 Å². The van der Waals surface area contributed by atoms with Gasteiger partial charge < -0.3 is 25.1 Å². The molecule has 2 heterocycles. The van der Waals surface area contributed by atoms with Crippen LogP contribution in [0.4, 0.5) is 0 Å². The van der Waals surface area contributed by atoms with Gasteiger partial charge in [-0.3, -0.25) is 0 Å². The van der Waals surface area contributed by atoms with Crippen LogP contribution in [-0.2, 0) is 29.0 Å². The quantitative estimate of drug-likeness (QED) is 0.200. The van der Waals surface area contributed by atoms with Crippen molar-refractivity contribution in [3.8, 4) is 0 Å². The van der Waals surface area contributed by atoms with E-state index in [2.05, 4.69) is 77.3 Å². The van der Waals surface area contributed by atoms with Crippen LogP contribution in [0.25, 0.3) is 10.9 Å². The first-order chi connectivity index (χ1) is 15.8. The van der Waals surface area contributed by atoms with Crippen molar-refractivity contribution in [1.29, 1.82) is 0 Å². The van der Waals surface area contributed by atoms with Gasteiger partial charge in [-0.2, -0.15) is 0 Å². The molecular formula is C26H35IN4O2. The minimum atomic E-state index is 0. The van der Waals surface area contributed by atoms with Gasteiger partial charge in [0.25, 0.3) is 0 Å². The molecular weight excluding hydrogens is 527 g/mol. The molecule has 1 saturated heterocycles. The molecule has 0 aliphatic carbocycles. The molecule has 2 aromatic carbocycles. The molecule has 1 fully saturated rings. The summed E-state index contributed by atoms with van der Waals surface area (Å²) in [6, 6.07) is 17.0. The molecule has 0 bridgehead atoms. The van der Waals surface area contributed by atoms with Crippen molar-refractivity contribution in [3.05, 3.63) is 71.4 Å². The molecule has 7 heteroatoms. The smallest absolute Gasteiger partial charge is 0.191 e. The van der Waals surface area contributed by atoms with E-state index >= 15 is 0 Å². The van der Waals surface area contributed by atoms with Crippen molar-refractivity contribution in [2.24, 2.45) is 4.99 Å². The van der Waals surface area contributed by atoms with E-state index in [0.717, 1.165) is 51.5 Å². The zero-order chi connectivity index (χ0) is 22.0. The molecule has 4 rings (SSSR count). The molecule has 0 unspecified atom stereocenters. The minimum absolute atomic E-state index is 0. The van der Waals surface area contributed by atoms with E-state index in [0.29, 0.717) is 19.3 Å². The number of H-pyrrole nitrogens is 1. The maximum Gasteiger partial charge on any atom is 0.191 e. The Labute approximate surface area is 213 Å². The van der Waals surface area contributed by atoms with Crippen LogP contribution in [0.2, 0.25) is 0 Å². The summed E-state index contributed by atoms with van der Waals surface area (Å²) in [4.78, 5) is 8.10. The Balaban J connectivity index is 0.00000306. The third kappa shape index (κ3) is 7.72. The Kier molecular flexibility index (Phi) is 10.5. The molecule has 0 amide bonds. The first kappa shape index (κ1) is 25.5. The van der Waals surface area contributed by atoms with Crippen molar-refractivity contribution in [1.82, 2.24) is 15.6 Å². The molecule has 1 aromatic heterocycles. The third-order valence-electron chi connectivity index (χ3n) is 5.80. The molecule has 3 N–H and O–H groups in total. The van der Waals surface area contributed by atoms with Gasteiger partial charge in [0.2, 0.25) is 0 Å². The van der Waals surface area contributed by atoms with Gasteiger partial charge >= 0.3 is 0 Å². The van der Waals surface area contributed by atoms with Crippen LogP contribution >= 0.6 is 24.0 Å². The number of nitrogens with one attached hydrogen (secondary N) is 3. The van der Waals surface area contributed by atoms with Crippen LogP contribution in [0.15, 0.2) is 59.7 Å². The fraction of sp³-hybridized carbons (Fsp3) is 0.423. The predicted molar refractivity (Wildman–Crippen MR) is 145 cm³/mol. The SMILES string of the molecule is CCNC(=NCc1ccc(COC2CCOCC2)cc1)NCCc1c[nH]c2ccccc12.I. The van der Waals surface area contributed by atoms with Gasteiger partial charge in [0.05, 0.1) is 19.3 Å². The van der Waals surface area contributed by atoms with Crippen molar-refractivity contribution in [2.45, 2.75) is 45.4 Å². The number of aromatic nitrogens is 1. The maximum absolute atomic E-state index is 6.01. The third-order valence-corrected chi connectivity index (χ3v) is 5.80. The molecule has 3 aromatic rings. The zero-order valence-corrected chi connectivity index (χ0v) is 21.6. The second-order valence-electron chi connectivity index (χ2n) is 8.17. The van der Waals surface area contributed by atoms with E-state index in [1.807, 2.05) is 0 Å².